The highest BCUT2D eigenvalue weighted by atomic mass is 32.1. The Balaban J connectivity index is 1.56. The van der Waals surface area contributed by atoms with Crippen LogP contribution >= 0.6 is 11.3 Å². The molecule has 5 nitrogen and oxygen atoms in total. The summed E-state index contributed by atoms with van der Waals surface area (Å²) in [4.78, 5) is 27.4. The summed E-state index contributed by atoms with van der Waals surface area (Å²) in [5.74, 6) is -0.712. The van der Waals surface area contributed by atoms with Gasteiger partial charge in [-0.3, -0.25) is 14.5 Å². The normalized spacial score (nSPS) is 15.5. The molecule has 24 heavy (non-hydrogen) atoms. The molecule has 0 saturated carbocycles. The number of thiophene rings is 1. The Bertz CT molecular complexity index is 756. The smallest absolute Gasteiger partial charge is 0.251 e. The van der Waals surface area contributed by atoms with Crippen LogP contribution in [0.25, 0.3) is 0 Å². The lowest BCUT2D eigenvalue weighted by Gasteiger charge is -2.32. The fourth-order valence-corrected chi connectivity index (χ4v) is 3.82. The molecule has 3 N–H and O–H groups in total. The van der Waals surface area contributed by atoms with Gasteiger partial charge in [-0.15, -0.1) is 11.3 Å². The molecule has 1 atom stereocenters. The van der Waals surface area contributed by atoms with Gasteiger partial charge in [0.1, 0.15) is 0 Å². The van der Waals surface area contributed by atoms with E-state index in [2.05, 4.69) is 28.6 Å². The molecule has 1 aliphatic heterocycles. The average Bonchev–Trinajstić information content (AvgIpc) is 3.07. The van der Waals surface area contributed by atoms with Crippen LogP contribution in [-0.2, 0) is 13.0 Å². The molecule has 1 aromatic carbocycles. The minimum absolute atomic E-state index is 0.182. The number of nitrogens with two attached hydrogens (primary N) is 1. The molecular weight excluding hydrogens is 322 g/mol. The number of primary amides is 1. The lowest BCUT2D eigenvalue weighted by molar-refractivity contribution is 0.0932. The maximum Gasteiger partial charge on any atom is 0.251 e. The summed E-state index contributed by atoms with van der Waals surface area (Å²) in [5.41, 5.74) is 7.46. The minimum Gasteiger partial charge on any atom is -0.366 e. The fourth-order valence-electron chi connectivity index (χ4n) is 2.93. The largest absolute Gasteiger partial charge is 0.366 e. The molecule has 1 unspecified atom stereocenters. The topological polar surface area (TPSA) is 75.4 Å². The summed E-state index contributed by atoms with van der Waals surface area (Å²) in [7, 11) is 0. The number of amides is 2. The van der Waals surface area contributed by atoms with E-state index in [9.17, 15) is 9.59 Å². The highest BCUT2D eigenvalue weighted by Crippen LogP contribution is 2.24. The minimum atomic E-state index is -0.530. The summed E-state index contributed by atoms with van der Waals surface area (Å²) in [6, 6.07) is 8.93. The number of carbonyl (C=O) groups is 2. The van der Waals surface area contributed by atoms with Crippen molar-refractivity contribution in [2.24, 2.45) is 5.73 Å². The Morgan fingerprint density at radius 3 is 2.92 bits per heavy atom. The van der Waals surface area contributed by atoms with Crippen LogP contribution in [-0.4, -0.2) is 35.8 Å². The van der Waals surface area contributed by atoms with Crippen LogP contribution in [0, 0.1) is 0 Å². The molecule has 1 aliphatic rings. The first-order valence-corrected chi connectivity index (χ1v) is 8.90. The molecule has 0 radical (unpaired) electrons. The highest BCUT2D eigenvalue weighted by Gasteiger charge is 2.21. The molecule has 126 valence electrons. The van der Waals surface area contributed by atoms with Crippen molar-refractivity contribution in [2.75, 3.05) is 13.1 Å². The number of fused-ring (bicyclic) bond motifs is 1. The maximum atomic E-state index is 12.3. The zero-order valence-corrected chi connectivity index (χ0v) is 14.4. The van der Waals surface area contributed by atoms with Crippen molar-refractivity contribution in [3.63, 3.8) is 0 Å². The molecule has 0 spiro atoms. The molecular formula is C18H21N3O2S. The second-order valence-corrected chi connectivity index (χ2v) is 7.09. The molecule has 0 aliphatic carbocycles. The second kappa shape index (κ2) is 7.15. The molecule has 0 bridgehead atoms. The monoisotopic (exact) mass is 343 g/mol. The van der Waals surface area contributed by atoms with Crippen molar-refractivity contribution in [1.29, 1.82) is 0 Å². The first-order valence-electron chi connectivity index (χ1n) is 8.02. The van der Waals surface area contributed by atoms with Crippen molar-refractivity contribution in [3.05, 3.63) is 57.3 Å². The SMILES string of the molecule is CC(CNC(=O)c1cccc(C(N)=O)c1)N1CCc2sccc2C1. The zero-order valence-electron chi connectivity index (χ0n) is 13.6. The molecule has 0 fully saturated rings. The second-order valence-electron chi connectivity index (χ2n) is 6.09. The van der Waals surface area contributed by atoms with Gasteiger partial charge in [0, 0.05) is 41.7 Å². The van der Waals surface area contributed by atoms with Crippen molar-refractivity contribution < 1.29 is 9.59 Å². The number of carbonyl (C=O) groups excluding carboxylic acids is 2. The van der Waals surface area contributed by atoms with E-state index in [1.165, 1.54) is 16.5 Å². The van der Waals surface area contributed by atoms with E-state index in [-0.39, 0.29) is 11.9 Å². The molecule has 2 heterocycles. The van der Waals surface area contributed by atoms with E-state index in [4.69, 9.17) is 5.73 Å². The van der Waals surface area contributed by atoms with Gasteiger partial charge < -0.3 is 11.1 Å². The van der Waals surface area contributed by atoms with E-state index in [0.29, 0.717) is 17.7 Å². The first-order chi connectivity index (χ1) is 11.5. The van der Waals surface area contributed by atoms with Crippen molar-refractivity contribution in [2.45, 2.75) is 25.9 Å². The van der Waals surface area contributed by atoms with E-state index >= 15 is 0 Å². The Hall–Kier alpha value is -2.18. The third-order valence-electron chi connectivity index (χ3n) is 4.43. The third kappa shape index (κ3) is 3.66. The summed E-state index contributed by atoms with van der Waals surface area (Å²) in [6.45, 7) is 4.64. The van der Waals surface area contributed by atoms with Crippen molar-refractivity contribution in [3.8, 4) is 0 Å². The van der Waals surface area contributed by atoms with Gasteiger partial charge in [0.15, 0.2) is 0 Å². The van der Waals surface area contributed by atoms with Crippen LogP contribution < -0.4 is 11.1 Å². The summed E-state index contributed by atoms with van der Waals surface area (Å²) >= 11 is 1.82. The van der Waals surface area contributed by atoms with Gasteiger partial charge in [-0.25, -0.2) is 0 Å². The number of nitrogens with zero attached hydrogens (tertiary/aromatic N) is 1. The van der Waals surface area contributed by atoms with Gasteiger partial charge in [-0.05, 0) is 48.6 Å². The molecule has 6 heteroatoms. The van der Waals surface area contributed by atoms with Gasteiger partial charge in [0.2, 0.25) is 5.91 Å². The zero-order chi connectivity index (χ0) is 17.1. The van der Waals surface area contributed by atoms with Gasteiger partial charge in [-0.1, -0.05) is 6.07 Å². The van der Waals surface area contributed by atoms with Crippen LogP contribution in [0.2, 0.25) is 0 Å². The number of benzene rings is 1. The first kappa shape index (κ1) is 16.7. The van der Waals surface area contributed by atoms with Gasteiger partial charge >= 0.3 is 0 Å². The lowest BCUT2D eigenvalue weighted by atomic mass is 10.1. The Labute approximate surface area is 145 Å². The van der Waals surface area contributed by atoms with E-state index < -0.39 is 5.91 Å². The summed E-state index contributed by atoms with van der Waals surface area (Å²) in [6.07, 6.45) is 1.08. The quantitative estimate of drug-likeness (QED) is 0.872. The number of rotatable bonds is 5. The van der Waals surface area contributed by atoms with E-state index in [1.807, 2.05) is 11.3 Å². The predicted octanol–water partition coefficient (Wildman–Crippen LogP) is 2.02. The Kier molecular flexibility index (Phi) is 4.97. The summed E-state index contributed by atoms with van der Waals surface area (Å²) in [5, 5.41) is 5.10. The third-order valence-corrected chi connectivity index (χ3v) is 5.45. The molecule has 2 aromatic rings. The number of hydrogen-bond acceptors (Lipinski definition) is 4. The highest BCUT2D eigenvalue weighted by molar-refractivity contribution is 7.10. The van der Waals surface area contributed by atoms with Crippen molar-refractivity contribution >= 4 is 23.2 Å². The van der Waals surface area contributed by atoms with E-state index in [1.54, 1.807) is 18.2 Å². The molecule has 3 rings (SSSR count). The Morgan fingerprint density at radius 2 is 2.12 bits per heavy atom. The number of nitrogens with one attached hydrogen (secondary N) is 1. The molecule has 0 saturated heterocycles. The van der Waals surface area contributed by atoms with Crippen LogP contribution in [0.4, 0.5) is 0 Å². The van der Waals surface area contributed by atoms with E-state index in [0.717, 1.165) is 19.5 Å². The predicted molar refractivity (Wildman–Crippen MR) is 95.2 cm³/mol. The van der Waals surface area contributed by atoms with Gasteiger partial charge in [0.05, 0.1) is 0 Å². The van der Waals surface area contributed by atoms with Gasteiger partial charge in [-0.2, -0.15) is 0 Å². The van der Waals surface area contributed by atoms with Crippen LogP contribution in [0.1, 0.15) is 38.1 Å². The van der Waals surface area contributed by atoms with Crippen molar-refractivity contribution in [1.82, 2.24) is 10.2 Å². The van der Waals surface area contributed by atoms with Crippen LogP contribution in [0.3, 0.4) is 0 Å². The maximum absolute atomic E-state index is 12.3. The fraction of sp³-hybridized carbons (Fsp3) is 0.333. The molecule has 2 amide bonds. The lowest BCUT2D eigenvalue weighted by Crippen LogP contribution is -2.44. The standard InChI is InChI=1S/C18H21N3O2S/c1-12(21-7-5-16-15(11-21)6-8-24-16)10-20-18(23)14-4-2-3-13(9-14)17(19)22/h2-4,6,8-9,12H,5,7,10-11H2,1H3,(H2,19,22)(H,20,23). The number of hydrogen-bond donors (Lipinski definition) is 2. The van der Waals surface area contributed by atoms with Gasteiger partial charge in [0.25, 0.3) is 5.91 Å². The van der Waals surface area contributed by atoms with Crippen LogP contribution in [0.5, 0.6) is 0 Å². The summed E-state index contributed by atoms with van der Waals surface area (Å²) < 4.78 is 0. The van der Waals surface area contributed by atoms with Crippen LogP contribution in [0.15, 0.2) is 35.7 Å². The Morgan fingerprint density at radius 1 is 1.33 bits per heavy atom. The molecule has 1 aromatic heterocycles. The average molecular weight is 343 g/mol.